The Morgan fingerprint density at radius 2 is 2.00 bits per heavy atom. The number of nitrogens with zero attached hydrogens (tertiary/aromatic N) is 1. The number of ether oxygens (including phenoxy) is 1. The second kappa shape index (κ2) is 8.30. The lowest BCUT2D eigenvalue weighted by Crippen LogP contribution is -2.03. The number of benzene rings is 1. The van der Waals surface area contributed by atoms with E-state index in [2.05, 4.69) is 6.92 Å². The van der Waals surface area contributed by atoms with Crippen molar-refractivity contribution in [3.63, 3.8) is 0 Å². The smallest absolute Gasteiger partial charge is 0.311 e. The second-order valence-corrected chi connectivity index (χ2v) is 4.67. The Balaban J connectivity index is 2.85. The first kappa shape index (κ1) is 16.1. The molecule has 5 nitrogen and oxygen atoms in total. The van der Waals surface area contributed by atoms with Crippen molar-refractivity contribution in [1.29, 1.82) is 0 Å². The van der Waals surface area contributed by atoms with E-state index >= 15 is 0 Å². The summed E-state index contributed by atoms with van der Waals surface area (Å²) in [5, 5.41) is 11.1. The Hall–Kier alpha value is -1.91. The van der Waals surface area contributed by atoms with Crippen LogP contribution in [0.4, 0.5) is 5.69 Å². The molecule has 110 valence electrons. The summed E-state index contributed by atoms with van der Waals surface area (Å²) in [6.07, 6.45) is 4.08. The van der Waals surface area contributed by atoms with Gasteiger partial charge in [-0.3, -0.25) is 14.9 Å². The molecule has 0 aromatic heterocycles. The molecule has 0 aliphatic carbocycles. The zero-order valence-corrected chi connectivity index (χ0v) is 12.1. The predicted octanol–water partition coefficient (Wildman–Crippen LogP) is 4.15. The summed E-state index contributed by atoms with van der Waals surface area (Å²) < 4.78 is 5.44. The fraction of sp³-hybridized carbons (Fsp3) is 0.533. The number of carbonyl (C=O) groups excluding carboxylic acids is 1. The van der Waals surface area contributed by atoms with E-state index in [-0.39, 0.29) is 17.2 Å². The van der Waals surface area contributed by atoms with E-state index in [1.165, 1.54) is 12.1 Å². The molecule has 1 rings (SSSR count). The van der Waals surface area contributed by atoms with Gasteiger partial charge in [0.1, 0.15) is 0 Å². The van der Waals surface area contributed by atoms with Crippen LogP contribution in [0, 0.1) is 10.1 Å². The fourth-order valence-corrected chi connectivity index (χ4v) is 1.86. The van der Waals surface area contributed by atoms with Crippen LogP contribution in [0.1, 0.15) is 56.3 Å². The van der Waals surface area contributed by atoms with Crippen LogP contribution in [-0.4, -0.2) is 17.3 Å². The molecule has 1 aromatic rings. The summed E-state index contributed by atoms with van der Waals surface area (Å²) in [6, 6.07) is 4.43. The van der Waals surface area contributed by atoms with Crippen molar-refractivity contribution in [3.05, 3.63) is 33.9 Å². The lowest BCUT2D eigenvalue weighted by Gasteiger charge is -2.07. The molecule has 0 aliphatic rings. The van der Waals surface area contributed by atoms with E-state index in [0.29, 0.717) is 18.6 Å². The Morgan fingerprint density at radius 3 is 2.60 bits per heavy atom. The SMILES string of the molecule is CCCCCOc1ccc(C(=O)CCC)cc1[N+](=O)[O-]. The third-order valence-electron chi connectivity index (χ3n) is 2.96. The number of ketones is 1. The van der Waals surface area contributed by atoms with Gasteiger partial charge in [-0.1, -0.05) is 26.7 Å². The van der Waals surface area contributed by atoms with Gasteiger partial charge >= 0.3 is 5.69 Å². The standard InChI is InChI=1S/C15H21NO4/c1-3-5-6-10-20-15-9-8-12(14(17)7-4-2)11-13(15)16(18)19/h8-9,11H,3-7,10H2,1-2H3. The fourth-order valence-electron chi connectivity index (χ4n) is 1.86. The van der Waals surface area contributed by atoms with Gasteiger partial charge < -0.3 is 4.74 Å². The topological polar surface area (TPSA) is 69.4 Å². The van der Waals surface area contributed by atoms with Crippen LogP contribution in [0.2, 0.25) is 0 Å². The van der Waals surface area contributed by atoms with E-state index in [1.807, 2.05) is 6.92 Å². The third-order valence-corrected chi connectivity index (χ3v) is 2.96. The van der Waals surface area contributed by atoms with Gasteiger partial charge in [0.15, 0.2) is 11.5 Å². The number of hydrogen-bond donors (Lipinski definition) is 0. The highest BCUT2D eigenvalue weighted by atomic mass is 16.6. The lowest BCUT2D eigenvalue weighted by molar-refractivity contribution is -0.385. The maximum Gasteiger partial charge on any atom is 0.311 e. The van der Waals surface area contributed by atoms with E-state index in [9.17, 15) is 14.9 Å². The Morgan fingerprint density at radius 1 is 1.25 bits per heavy atom. The quantitative estimate of drug-likeness (QED) is 0.295. The zero-order valence-electron chi connectivity index (χ0n) is 12.1. The highest BCUT2D eigenvalue weighted by molar-refractivity contribution is 5.96. The molecule has 1 aromatic carbocycles. The van der Waals surface area contributed by atoms with Gasteiger partial charge in [-0.2, -0.15) is 0 Å². The van der Waals surface area contributed by atoms with E-state index < -0.39 is 4.92 Å². The maximum atomic E-state index is 11.8. The molecule has 0 heterocycles. The Bertz CT molecular complexity index is 471. The largest absolute Gasteiger partial charge is 0.487 e. The average molecular weight is 279 g/mol. The minimum atomic E-state index is -0.502. The summed E-state index contributed by atoms with van der Waals surface area (Å²) in [5.74, 6) is 0.160. The summed E-state index contributed by atoms with van der Waals surface area (Å²) in [7, 11) is 0. The summed E-state index contributed by atoms with van der Waals surface area (Å²) in [4.78, 5) is 22.3. The van der Waals surface area contributed by atoms with Gasteiger partial charge in [-0.05, 0) is 25.0 Å². The van der Waals surface area contributed by atoms with Gasteiger partial charge in [-0.25, -0.2) is 0 Å². The number of nitro benzene ring substituents is 1. The van der Waals surface area contributed by atoms with Gasteiger partial charge in [0.05, 0.1) is 11.5 Å². The van der Waals surface area contributed by atoms with Crippen LogP contribution >= 0.6 is 0 Å². The highest BCUT2D eigenvalue weighted by Crippen LogP contribution is 2.28. The van der Waals surface area contributed by atoms with Crippen molar-refractivity contribution in [1.82, 2.24) is 0 Å². The molecule has 0 atom stereocenters. The number of hydrogen-bond acceptors (Lipinski definition) is 4. The number of rotatable bonds is 9. The first-order valence-electron chi connectivity index (χ1n) is 7.04. The molecular formula is C15H21NO4. The van der Waals surface area contributed by atoms with Crippen molar-refractivity contribution in [3.8, 4) is 5.75 Å². The minimum Gasteiger partial charge on any atom is -0.487 e. The van der Waals surface area contributed by atoms with Gasteiger partial charge in [0, 0.05) is 18.1 Å². The molecule has 5 heteroatoms. The molecule has 20 heavy (non-hydrogen) atoms. The second-order valence-electron chi connectivity index (χ2n) is 4.67. The molecule has 0 bridgehead atoms. The molecule has 0 saturated carbocycles. The molecule has 0 N–H and O–H groups in total. The van der Waals surface area contributed by atoms with Crippen LogP contribution in [0.25, 0.3) is 0 Å². The molecule has 0 fully saturated rings. The monoisotopic (exact) mass is 279 g/mol. The molecule has 0 saturated heterocycles. The van der Waals surface area contributed by atoms with Crippen LogP contribution in [0.3, 0.4) is 0 Å². The Kier molecular flexibility index (Phi) is 6.70. The Labute approximate surface area is 119 Å². The number of Topliss-reactive ketones (excluding diaryl/α,β-unsaturated/α-hetero) is 1. The van der Waals surface area contributed by atoms with Crippen molar-refractivity contribution in [2.24, 2.45) is 0 Å². The van der Waals surface area contributed by atoms with E-state index in [4.69, 9.17) is 4.74 Å². The molecule has 0 amide bonds. The number of nitro groups is 1. The first-order valence-corrected chi connectivity index (χ1v) is 7.04. The van der Waals surface area contributed by atoms with Crippen molar-refractivity contribution < 1.29 is 14.5 Å². The van der Waals surface area contributed by atoms with Gasteiger partial charge in [0.25, 0.3) is 0 Å². The summed E-state index contributed by atoms with van der Waals surface area (Å²) in [6.45, 7) is 4.44. The summed E-state index contributed by atoms with van der Waals surface area (Å²) >= 11 is 0. The summed E-state index contributed by atoms with van der Waals surface area (Å²) in [5.41, 5.74) is 0.239. The molecule has 0 radical (unpaired) electrons. The first-order chi connectivity index (χ1) is 9.60. The predicted molar refractivity (Wildman–Crippen MR) is 77.4 cm³/mol. The van der Waals surface area contributed by atoms with Gasteiger partial charge in [0.2, 0.25) is 0 Å². The van der Waals surface area contributed by atoms with E-state index in [0.717, 1.165) is 25.7 Å². The van der Waals surface area contributed by atoms with Crippen molar-refractivity contribution in [2.75, 3.05) is 6.61 Å². The highest BCUT2D eigenvalue weighted by Gasteiger charge is 2.18. The zero-order chi connectivity index (χ0) is 15.0. The lowest BCUT2D eigenvalue weighted by atomic mass is 10.1. The van der Waals surface area contributed by atoms with E-state index in [1.54, 1.807) is 6.07 Å². The van der Waals surface area contributed by atoms with Crippen molar-refractivity contribution >= 4 is 11.5 Å². The average Bonchev–Trinajstić information content (AvgIpc) is 2.43. The van der Waals surface area contributed by atoms with Crippen LogP contribution in [0.15, 0.2) is 18.2 Å². The molecular weight excluding hydrogens is 258 g/mol. The molecule has 0 spiro atoms. The van der Waals surface area contributed by atoms with Crippen LogP contribution in [-0.2, 0) is 0 Å². The number of unbranched alkanes of at least 4 members (excludes halogenated alkanes) is 2. The molecule has 0 unspecified atom stereocenters. The maximum absolute atomic E-state index is 11.8. The minimum absolute atomic E-state index is 0.0758. The van der Waals surface area contributed by atoms with Crippen LogP contribution < -0.4 is 4.74 Å². The number of carbonyl (C=O) groups is 1. The molecule has 0 aliphatic heterocycles. The van der Waals surface area contributed by atoms with Gasteiger partial charge in [-0.15, -0.1) is 0 Å². The van der Waals surface area contributed by atoms with Crippen LogP contribution in [0.5, 0.6) is 5.75 Å². The third kappa shape index (κ3) is 4.64. The normalized spacial score (nSPS) is 10.3. The van der Waals surface area contributed by atoms with Crippen molar-refractivity contribution in [2.45, 2.75) is 46.0 Å².